The number of halogens is 2. The Balaban J connectivity index is 0.000000260. The van der Waals surface area contributed by atoms with Crippen molar-refractivity contribution in [1.82, 2.24) is 19.7 Å². The summed E-state index contributed by atoms with van der Waals surface area (Å²) in [4.78, 5) is 39.1. The first-order valence-electron chi connectivity index (χ1n) is 13.8. The molecular formula is C32H28BrFN6O6S2. The topological polar surface area (TPSA) is 157 Å². The summed E-state index contributed by atoms with van der Waals surface area (Å²) in [7, 11) is -0.452. The smallest absolute Gasteiger partial charge is 0.332 e. The van der Waals surface area contributed by atoms with Crippen LogP contribution in [0.1, 0.15) is 17.3 Å². The molecule has 0 bridgehead atoms. The predicted octanol–water partition coefficient (Wildman–Crippen LogP) is 6.48. The lowest BCUT2D eigenvalue weighted by atomic mass is 10.1. The number of amides is 1. The van der Waals surface area contributed by atoms with Crippen LogP contribution in [0.3, 0.4) is 0 Å². The Morgan fingerprint density at radius 1 is 1.06 bits per heavy atom. The summed E-state index contributed by atoms with van der Waals surface area (Å²) in [5.41, 5.74) is 5.41. The van der Waals surface area contributed by atoms with Crippen molar-refractivity contribution in [2.24, 2.45) is 0 Å². The van der Waals surface area contributed by atoms with Gasteiger partial charge in [0, 0.05) is 59.9 Å². The minimum absolute atomic E-state index is 0.279. The number of carbonyl (C=O) groups excluding carboxylic acids is 2. The third-order valence-electron chi connectivity index (χ3n) is 6.44. The molecule has 12 nitrogen and oxygen atoms in total. The van der Waals surface area contributed by atoms with Crippen LogP contribution in [0, 0.1) is 15.9 Å². The Labute approximate surface area is 287 Å². The fourth-order valence-corrected chi connectivity index (χ4v) is 5.92. The van der Waals surface area contributed by atoms with Gasteiger partial charge in [-0.1, -0.05) is 40.2 Å². The van der Waals surface area contributed by atoms with E-state index in [1.54, 1.807) is 43.9 Å². The van der Waals surface area contributed by atoms with Gasteiger partial charge in [-0.15, -0.1) is 11.3 Å². The molecule has 0 fully saturated rings. The van der Waals surface area contributed by atoms with Gasteiger partial charge in [-0.2, -0.15) is 5.10 Å². The van der Waals surface area contributed by atoms with Crippen molar-refractivity contribution in [2.45, 2.75) is 11.8 Å². The molecule has 0 radical (unpaired) electrons. The lowest BCUT2D eigenvalue weighted by Crippen LogP contribution is -2.16. The molecule has 2 aromatic heterocycles. The van der Waals surface area contributed by atoms with E-state index < -0.39 is 32.1 Å². The van der Waals surface area contributed by atoms with Gasteiger partial charge in [0.05, 0.1) is 45.6 Å². The first-order chi connectivity index (χ1) is 22.6. The molecule has 16 heteroatoms. The lowest BCUT2D eigenvalue weighted by molar-refractivity contribution is -0.417. The lowest BCUT2D eigenvalue weighted by Gasteiger charge is -2.12. The number of aromatic nitrogens is 3. The molecule has 0 atom stereocenters. The Morgan fingerprint density at radius 2 is 1.71 bits per heavy atom. The summed E-state index contributed by atoms with van der Waals surface area (Å²) in [5, 5.41) is 19.8. The average Bonchev–Trinajstić information content (AvgIpc) is 3.70. The molecule has 0 aliphatic rings. The van der Waals surface area contributed by atoms with Crippen LogP contribution >= 0.6 is 27.3 Å². The van der Waals surface area contributed by atoms with Gasteiger partial charge in [0.25, 0.3) is 5.78 Å². The first kappa shape index (κ1) is 35.8. The number of hydrogen-bond acceptors (Lipinski definition) is 10. The highest BCUT2D eigenvalue weighted by Crippen LogP contribution is 2.33. The Kier molecular flexibility index (Phi) is 11.4. The van der Waals surface area contributed by atoms with Gasteiger partial charge in [-0.05, 0) is 36.4 Å². The number of Topliss-reactive ketones (excluding diaryl/α,β-unsaturated/α-hetero) is 1. The van der Waals surface area contributed by atoms with Crippen molar-refractivity contribution in [3.05, 3.63) is 122 Å². The number of thiazole rings is 1. The van der Waals surface area contributed by atoms with E-state index in [2.05, 4.69) is 31.3 Å². The van der Waals surface area contributed by atoms with Crippen LogP contribution in [0.2, 0.25) is 0 Å². The minimum Gasteiger partial charge on any atom is -0.378 e. The highest BCUT2D eigenvalue weighted by Gasteiger charge is 2.24. The summed E-state index contributed by atoms with van der Waals surface area (Å²) < 4.78 is 40.2. The fourth-order valence-electron chi connectivity index (χ4n) is 4.36. The van der Waals surface area contributed by atoms with E-state index in [-0.39, 0.29) is 16.4 Å². The number of hydrogen-bond donors (Lipinski definition) is 1. The van der Waals surface area contributed by atoms with Crippen molar-refractivity contribution in [3.8, 4) is 28.2 Å². The molecule has 5 rings (SSSR count). The van der Waals surface area contributed by atoms with Gasteiger partial charge in [0.2, 0.25) is 5.91 Å². The van der Waals surface area contributed by atoms with Gasteiger partial charge >= 0.3 is 5.70 Å². The normalized spacial score (nSPS) is 11.3. The monoisotopic (exact) mass is 754 g/mol. The van der Waals surface area contributed by atoms with Crippen LogP contribution in [0.25, 0.3) is 28.2 Å². The van der Waals surface area contributed by atoms with Crippen molar-refractivity contribution < 1.29 is 27.3 Å². The minimum atomic E-state index is -3.70. The van der Waals surface area contributed by atoms with Crippen LogP contribution in [-0.4, -0.2) is 65.0 Å². The summed E-state index contributed by atoms with van der Waals surface area (Å²) in [6.07, 6.45) is 3.61. The van der Waals surface area contributed by atoms with E-state index in [0.717, 1.165) is 33.6 Å². The van der Waals surface area contributed by atoms with Crippen molar-refractivity contribution >= 4 is 54.5 Å². The van der Waals surface area contributed by atoms with Crippen LogP contribution in [-0.2, 0) is 14.6 Å². The zero-order valence-electron chi connectivity index (χ0n) is 25.9. The summed E-state index contributed by atoms with van der Waals surface area (Å²) in [6, 6.07) is 17.7. The highest BCUT2D eigenvalue weighted by atomic mass is 79.9. The second-order valence-electron chi connectivity index (χ2n) is 10.4. The molecule has 0 unspecified atom stereocenters. The zero-order chi connectivity index (χ0) is 35.2. The number of nitrogens with zero attached hydrogens (tertiary/aromatic N) is 5. The largest absolute Gasteiger partial charge is 0.378 e. The van der Waals surface area contributed by atoms with Gasteiger partial charge in [-0.25, -0.2) is 22.5 Å². The fraction of sp³-hybridized carbons (Fsp3) is 0.125. The number of allylic oxidation sites excluding steroid dienone is 1. The number of nitrogens with one attached hydrogen (secondary N) is 1. The number of anilines is 1. The first-order valence-corrected chi connectivity index (χ1v) is 17.5. The number of benzene rings is 3. The van der Waals surface area contributed by atoms with Gasteiger partial charge < -0.3 is 10.2 Å². The van der Waals surface area contributed by atoms with E-state index in [4.69, 9.17) is 0 Å². The molecule has 48 heavy (non-hydrogen) atoms. The van der Waals surface area contributed by atoms with Crippen LogP contribution < -0.4 is 5.32 Å². The van der Waals surface area contributed by atoms with E-state index in [9.17, 15) is 32.5 Å². The summed E-state index contributed by atoms with van der Waals surface area (Å²) >= 11 is 4.73. The third kappa shape index (κ3) is 8.84. The van der Waals surface area contributed by atoms with Crippen LogP contribution in [0.4, 0.5) is 10.1 Å². The van der Waals surface area contributed by atoms with E-state index in [0.29, 0.717) is 17.1 Å². The van der Waals surface area contributed by atoms with Crippen molar-refractivity contribution in [1.29, 1.82) is 0 Å². The molecule has 3 aromatic carbocycles. The number of ketones is 1. The Bertz CT molecular complexity index is 2100. The third-order valence-corrected chi connectivity index (χ3v) is 8.69. The second kappa shape index (κ2) is 15.2. The summed E-state index contributed by atoms with van der Waals surface area (Å²) in [5.74, 6) is -1.75. The number of nitro groups is 1. The Morgan fingerprint density at radius 3 is 2.23 bits per heavy atom. The molecule has 0 aliphatic carbocycles. The number of carbonyl (C=O) groups is 2. The predicted molar refractivity (Wildman–Crippen MR) is 185 cm³/mol. The highest BCUT2D eigenvalue weighted by molar-refractivity contribution is 9.10. The van der Waals surface area contributed by atoms with Crippen molar-refractivity contribution in [3.63, 3.8) is 0 Å². The maximum absolute atomic E-state index is 14.5. The molecular weight excluding hydrogens is 727 g/mol. The van der Waals surface area contributed by atoms with Gasteiger partial charge in [-0.3, -0.25) is 19.7 Å². The molecule has 2 heterocycles. The molecule has 0 saturated carbocycles. The van der Waals surface area contributed by atoms with E-state index in [1.165, 1.54) is 52.4 Å². The average molecular weight is 756 g/mol. The second-order valence-corrected chi connectivity index (χ2v) is 14.0. The van der Waals surface area contributed by atoms with E-state index >= 15 is 0 Å². The van der Waals surface area contributed by atoms with Crippen molar-refractivity contribution in [2.75, 3.05) is 25.7 Å². The molecule has 248 valence electrons. The maximum atomic E-state index is 14.5. The van der Waals surface area contributed by atoms with E-state index in [1.807, 2.05) is 29.6 Å². The molecule has 5 aromatic rings. The Hall–Kier alpha value is -5.06. The molecule has 0 saturated heterocycles. The van der Waals surface area contributed by atoms with Crippen LogP contribution in [0.5, 0.6) is 0 Å². The summed E-state index contributed by atoms with van der Waals surface area (Å²) in [6.45, 7) is 1.38. The van der Waals surface area contributed by atoms with Gasteiger partial charge in [0.15, 0.2) is 9.84 Å². The standard InChI is InChI=1S/C21H17FN4O3S2.C11H11BrN2O3/c1-13(27)25-18-10-24-26(16-7-8-20(17(22)9-16)31(2,28)29)21(18)15-5-3-14(4-6-15)19-11-30-12-23-19;1-13(2)7-10(14(16)17)11(15)8-3-5-9(12)6-4-8/h3-12H,1-2H3,(H,25,27);3-7H,1-2H3/b;10-7+. The molecule has 1 N–H and O–H groups in total. The van der Waals surface area contributed by atoms with Gasteiger partial charge in [0.1, 0.15) is 10.7 Å². The number of rotatable bonds is 9. The van der Waals surface area contributed by atoms with Crippen LogP contribution in [0.15, 0.2) is 105 Å². The maximum Gasteiger partial charge on any atom is 0.332 e. The molecule has 0 spiro atoms. The zero-order valence-corrected chi connectivity index (χ0v) is 29.1. The number of sulfone groups is 1. The molecule has 0 aliphatic heterocycles. The molecule has 1 amide bonds. The SMILES string of the molecule is CC(=O)Nc1cnn(-c2ccc(S(C)(=O)=O)c(F)c2)c1-c1ccc(-c2cscn2)cc1.CN(C)/C=C(\C(=O)c1ccc(Br)cc1)[N+](=O)[O-]. The quantitative estimate of drug-likeness (QED) is 0.0770.